The van der Waals surface area contributed by atoms with Crippen LogP contribution >= 0.6 is 11.6 Å². The highest BCUT2D eigenvalue weighted by atomic mass is 35.5. The lowest BCUT2D eigenvalue weighted by atomic mass is 10.1. The SMILES string of the molecule is CNC(=O)c1ccc(N2CCN(Cc3cc(F)c4c(c3)[nH]c(=O)c3cc(Cl)nn34)CC2)c(F)n1. The second-order valence-electron chi connectivity index (χ2n) is 8.04. The van der Waals surface area contributed by atoms with Gasteiger partial charge in [-0.2, -0.15) is 9.49 Å². The highest BCUT2D eigenvalue weighted by molar-refractivity contribution is 6.29. The van der Waals surface area contributed by atoms with E-state index in [2.05, 4.69) is 25.3 Å². The Morgan fingerprint density at radius 1 is 1.18 bits per heavy atom. The smallest absolute Gasteiger partial charge is 0.274 e. The van der Waals surface area contributed by atoms with Crippen molar-refractivity contribution in [1.29, 1.82) is 0 Å². The van der Waals surface area contributed by atoms with Crippen molar-refractivity contribution >= 4 is 39.7 Å². The number of pyridine rings is 1. The van der Waals surface area contributed by atoms with Gasteiger partial charge in [0.05, 0.1) is 11.2 Å². The van der Waals surface area contributed by atoms with Crippen LogP contribution in [0.2, 0.25) is 5.15 Å². The quantitative estimate of drug-likeness (QED) is 0.428. The van der Waals surface area contributed by atoms with Crippen LogP contribution in [-0.2, 0) is 6.54 Å². The molecule has 1 aromatic carbocycles. The van der Waals surface area contributed by atoms with E-state index in [1.807, 2.05) is 4.90 Å². The molecule has 0 saturated carbocycles. The molecule has 0 aliphatic carbocycles. The van der Waals surface area contributed by atoms with E-state index in [0.29, 0.717) is 49.5 Å². The number of hydrogen-bond donors (Lipinski definition) is 2. The minimum atomic E-state index is -0.694. The van der Waals surface area contributed by atoms with Crippen LogP contribution in [0.3, 0.4) is 0 Å². The second kappa shape index (κ2) is 8.65. The van der Waals surface area contributed by atoms with Gasteiger partial charge in [-0.05, 0) is 29.8 Å². The molecule has 2 N–H and O–H groups in total. The molecule has 1 saturated heterocycles. The highest BCUT2D eigenvalue weighted by Gasteiger charge is 2.22. The number of nitrogens with zero attached hydrogens (tertiary/aromatic N) is 5. The Bertz CT molecular complexity index is 1480. The van der Waals surface area contributed by atoms with Gasteiger partial charge < -0.3 is 15.2 Å². The average molecular weight is 488 g/mol. The number of anilines is 1. The normalized spacial score (nSPS) is 14.8. The standard InChI is InChI=1S/C22H20ClF2N7O2/c1-26-21(33)14-2-3-16(20(25)27-14)31-6-4-30(5-7-31)11-12-8-13(24)19-15(9-12)28-22(34)17-10-18(23)29-32(17)19/h2-3,8-10H,4-7,11H2,1H3,(H,26,33)(H,28,34). The Labute approximate surface area is 196 Å². The Kier molecular flexibility index (Phi) is 5.66. The van der Waals surface area contributed by atoms with Crippen molar-refractivity contribution in [3.05, 3.63) is 68.9 Å². The number of amides is 1. The minimum Gasteiger partial charge on any atom is -0.365 e. The molecule has 0 bridgehead atoms. The number of aromatic nitrogens is 4. The van der Waals surface area contributed by atoms with Gasteiger partial charge >= 0.3 is 0 Å². The van der Waals surface area contributed by atoms with Gasteiger partial charge in [-0.3, -0.25) is 14.5 Å². The second-order valence-corrected chi connectivity index (χ2v) is 8.43. The summed E-state index contributed by atoms with van der Waals surface area (Å²) in [5, 5.41) is 6.55. The van der Waals surface area contributed by atoms with Crippen molar-refractivity contribution in [2.24, 2.45) is 0 Å². The summed E-state index contributed by atoms with van der Waals surface area (Å²) in [6.07, 6.45) is 0. The summed E-state index contributed by atoms with van der Waals surface area (Å²) in [5.74, 6) is -1.66. The largest absolute Gasteiger partial charge is 0.365 e. The molecule has 3 aromatic heterocycles. The average Bonchev–Trinajstić information content (AvgIpc) is 3.20. The van der Waals surface area contributed by atoms with Crippen LogP contribution in [-0.4, -0.2) is 63.6 Å². The van der Waals surface area contributed by atoms with Gasteiger partial charge in [0.2, 0.25) is 5.95 Å². The van der Waals surface area contributed by atoms with E-state index in [0.717, 1.165) is 0 Å². The van der Waals surface area contributed by atoms with Crippen molar-refractivity contribution in [2.75, 3.05) is 38.1 Å². The number of aromatic amines is 1. The van der Waals surface area contributed by atoms with E-state index in [4.69, 9.17) is 11.6 Å². The third-order valence-corrected chi connectivity index (χ3v) is 6.09. The zero-order chi connectivity index (χ0) is 24.0. The number of H-pyrrole nitrogens is 1. The Balaban J connectivity index is 1.32. The summed E-state index contributed by atoms with van der Waals surface area (Å²) in [4.78, 5) is 34.4. The molecule has 1 fully saturated rings. The highest BCUT2D eigenvalue weighted by Crippen LogP contribution is 2.23. The molecule has 1 aliphatic rings. The number of benzene rings is 1. The molecule has 176 valence electrons. The van der Waals surface area contributed by atoms with Gasteiger partial charge in [0.1, 0.15) is 16.7 Å². The molecule has 4 aromatic rings. The summed E-state index contributed by atoms with van der Waals surface area (Å²) in [6, 6.07) is 7.58. The fourth-order valence-electron chi connectivity index (χ4n) is 4.25. The first-order valence-electron chi connectivity index (χ1n) is 10.6. The van der Waals surface area contributed by atoms with Crippen LogP contribution in [0.4, 0.5) is 14.5 Å². The number of halogens is 3. The van der Waals surface area contributed by atoms with E-state index < -0.39 is 23.2 Å². The van der Waals surface area contributed by atoms with Crippen molar-refractivity contribution in [3.63, 3.8) is 0 Å². The van der Waals surface area contributed by atoms with Crippen LogP contribution < -0.4 is 15.8 Å². The molecular formula is C22H20ClF2N7O2. The predicted octanol–water partition coefficient (Wildman–Crippen LogP) is 2.18. The molecule has 1 amide bonds. The Morgan fingerprint density at radius 2 is 1.94 bits per heavy atom. The van der Waals surface area contributed by atoms with Gasteiger partial charge in [-0.25, -0.2) is 13.9 Å². The van der Waals surface area contributed by atoms with Crippen molar-refractivity contribution in [3.8, 4) is 0 Å². The first-order chi connectivity index (χ1) is 16.3. The third-order valence-electron chi connectivity index (χ3n) is 5.90. The van der Waals surface area contributed by atoms with Gasteiger partial charge in [0.15, 0.2) is 11.0 Å². The molecule has 9 nitrogen and oxygen atoms in total. The van der Waals surface area contributed by atoms with Crippen molar-refractivity contribution in [1.82, 2.24) is 29.8 Å². The lowest BCUT2D eigenvalue weighted by molar-refractivity contribution is 0.0957. The zero-order valence-electron chi connectivity index (χ0n) is 18.1. The van der Waals surface area contributed by atoms with Crippen LogP contribution in [0.5, 0.6) is 0 Å². The number of fused-ring (bicyclic) bond motifs is 3. The lowest BCUT2D eigenvalue weighted by Crippen LogP contribution is -2.46. The summed E-state index contributed by atoms with van der Waals surface area (Å²) in [6.45, 7) is 2.76. The molecule has 0 atom stereocenters. The number of hydrogen-bond acceptors (Lipinski definition) is 6. The van der Waals surface area contributed by atoms with E-state index in [1.54, 1.807) is 12.1 Å². The van der Waals surface area contributed by atoms with Gasteiger partial charge in [-0.1, -0.05) is 11.6 Å². The molecule has 5 rings (SSSR count). The van der Waals surface area contributed by atoms with E-state index in [9.17, 15) is 18.4 Å². The summed E-state index contributed by atoms with van der Waals surface area (Å²) in [5.41, 5.74) is 1.29. The van der Waals surface area contributed by atoms with Crippen LogP contribution in [0.25, 0.3) is 16.6 Å². The number of carbonyl (C=O) groups is 1. The summed E-state index contributed by atoms with van der Waals surface area (Å²) < 4.78 is 30.7. The van der Waals surface area contributed by atoms with Gasteiger partial charge in [0, 0.05) is 45.8 Å². The maximum absolute atomic E-state index is 15.0. The number of rotatable bonds is 4. The maximum atomic E-state index is 15.0. The number of piperazine rings is 1. The molecule has 4 heterocycles. The van der Waals surface area contributed by atoms with Gasteiger partial charge in [0.25, 0.3) is 11.5 Å². The molecule has 0 unspecified atom stereocenters. The Morgan fingerprint density at radius 3 is 2.65 bits per heavy atom. The van der Waals surface area contributed by atoms with Crippen LogP contribution in [0, 0.1) is 11.8 Å². The first kappa shape index (κ1) is 22.2. The van der Waals surface area contributed by atoms with Crippen molar-refractivity contribution in [2.45, 2.75) is 6.54 Å². The molecule has 0 radical (unpaired) electrons. The molecule has 34 heavy (non-hydrogen) atoms. The topological polar surface area (TPSA) is 98.6 Å². The first-order valence-corrected chi connectivity index (χ1v) is 11.0. The van der Waals surface area contributed by atoms with E-state index >= 15 is 0 Å². The van der Waals surface area contributed by atoms with E-state index in [-0.39, 0.29) is 21.9 Å². The molecule has 1 aliphatic heterocycles. The van der Waals surface area contributed by atoms with E-state index in [1.165, 1.54) is 29.8 Å². The fraction of sp³-hybridized carbons (Fsp3) is 0.273. The minimum absolute atomic E-state index is 0.0217. The zero-order valence-corrected chi connectivity index (χ0v) is 18.9. The monoisotopic (exact) mass is 487 g/mol. The maximum Gasteiger partial charge on any atom is 0.274 e. The van der Waals surface area contributed by atoms with Crippen LogP contribution in [0.1, 0.15) is 16.1 Å². The summed E-state index contributed by atoms with van der Waals surface area (Å²) in [7, 11) is 1.46. The molecule has 12 heteroatoms. The number of carbonyl (C=O) groups excluding carboxylic acids is 1. The lowest BCUT2D eigenvalue weighted by Gasteiger charge is -2.36. The third kappa shape index (κ3) is 3.97. The molecular weight excluding hydrogens is 468 g/mol. The van der Waals surface area contributed by atoms with Crippen molar-refractivity contribution < 1.29 is 13.6 Å². The molecule has 0 spiro atoms. The fourth-order valence-corrected chi connectivity index (χ4v) is 4.43. The number of nitrogens with one attached hydrogen (secondary N) is 2. The van der Waals surface area contributed by atoms with Crippen LogP contribution in [0.15, 0.2) is 35.1 Å². The predicted molar refractivity (Wildman–Crippen MR) is 123 cm³/mol. The Hall–Kier alpha value is -3.57. The summed E-state index contributed by atoms with van der Waals surface area (Å²) >= 11 is 5.90. The van der Waals surface area contributed by atoms with Gasteiger partial charge in [-0.15, -0.1) is 0 Å².